The summed E-state index contributed by atoms with van der Waals surface area (Å²) >= 11 is 0. The fraction of sp³-hybridized carbons (Fsp3) is 0.455. The number of halogens is 3. The first kappa shape index (κ1) is 18.2. The first-order chi connectivity index (χ1) is 9.86. The van der Waals surface area contributed by atoms with Crippen LogP contribution in [0.3, 0.4) is 0 Å². The molecule has 0 saturated heterocycles. The topological polar surface area (TPSA) is 111 Å². The van der Waals surface area contributed by atoms with Crippen LogP contribution in [0.2, 0.25) is 0 Å². The maximum absolute atomic E-state index is 12.3. The highest BCUT2D eigenvalue weighted by atomic mass is 32.2. The lowest BCUT2D eigenvalue weighted by molar-refractivity contribution is -0.0457. The number of nitrogens with one attached hydrogen (secondary N) is 1. The average Bonchev–Trinajstić information content (AvgIpc) is 2.34. The van der Waals surface area contributed by atoms with Gasteiger partial charge >= 0.3 is 15.5 Å². The Hall–Kier alpha value is -1.88. The number of primary amides is 1. The Morgan fingerprint density at radius 3 is 2.50 bits per heavy atom. The van der Waals surface area contributed by atoms with Crippen LogP contribution in [0.1, 0.15) is 24.2 Å². The maximum Gasteiger partial charge on any atom is 0.511 e. The summed E-state index contributed by atoms with van der Waals surface area (Å²) < 4.78 is 65.7. The van der Waals surface area contributed by atoms with Gasteiger partial charge in [-0.1, -0.05) is 0 Å². The summed E-state index contributed by atoms with van der Waals surface area (Å²) in [7, 11) is -5.53. The SMILES string of the molecule is CC(C)(COc1ncccc1C(N)=O)NS(=O)(=O)C(F)(F)F. The quantitative estimate of drug-likeness (QED) is 0.794. The Morgan fingerprint density at radius 1 is 1.41 bits per heavy atom. The normalized spacial score (nSPS) is 13.0. The van der Waals surface area contributed by atoms with Gasteiger partial charge in [0.25, 0.3) is 5.91 Å². The zero-order valence-corrected chi connectivity index (χ0v) is 12.5. The van der Waals surface area contributed by atoms with Crippen molar-refractivity contribution < 1.29 is 31.1 Å². The second-order valence-electron chi connectivity index (χ2n) is 4.94. The van der Waals surface area contributed by atoms with Crippen molar-refractivity contribution in [1.82, 2.24) is 9.71 Å². The van der Waals surface area contributed by atoms with E-state index in [2.05, 4.69) is 4.98 Å². The lowest BCUT2D eigenvalue weighted by Gasteiger charge is -2.26. The van der Waals surface area contributed by atoms with Crippen molar-refractivity contribution in [2.45, 2.75) is 24.9 Å². The summed E-state index contributed by atoms with van der Waals surface area (Å²) in [6, 6.07) is 2.74. The van der Waals surface area contributed by atoms with E-state index in [-0.39, 0.29) is 11.4 Å². The number of nitrogens with two attached hydrogens (primary N) is 1. The van der Waals surface area contributed by atoms with Crippen LogP contribution < -0.4 is 15.2 Å². The summed E-state index contributed by atoms with van der Waals surface area (Å²) in [5, 5.41) is 0. The van der Waals surface area contributed by atoms with Gasteiger partial charge in [-0.25, -0.2) is 13.4 Å². The number of alkyl halides is 3. The number of hydrogen-bond acceptors (Lipinski definition) is 5. The van der Waals surface area contributed by atoms with Gasteiger partial charge in [0.1, 0.15) is 12.2 Å². The number of aromatic nitrogens is 1. The number of carbonyl (C=O) groups excluding carboxylic acids is 1. The van der Waals surface area contributed by atoms with Crippen molar-refractivity contribution in [2.24, 2.45) is 5.73 Å². The van der Waals surface area contributed by atoms with Crippen LogP contribution in [-0.2, 0) is 10.0 Å². The minimum atomic E-state index is -5.53. The fourth-order valence-electron chi connectivity index (χ4n) is 1.39. The predicted molar refractivity (Wildman–Crippen MR) is 70.4 cm³/mol. The van der Waals surface area contributed by atoms with Crippen LogP contribution in [0.15, 0.2) is 18.3 Å². The van der Waals surface area contributed by atoms with Crippen LogP contribution in [-0.4, -0.2) is 37.0 Å². The molecule has 11 heteroatoms. The number of sulfonamides is 1. The van der Waals surface area contributed by atoms with E-state index >= 15 is 0 Å². The Kier molecular flexibility index (Phi) is 5.03. The highest BCUT2D eigenvalue weighted by Crippen LogP contribution is 2.24. The monoisotopic (exact) mass is 341 g/mol. The molecule has 1 aromatic heterocycles. The van der Waals surface area contributed by atoms with Crippen LogP contribution in [0.5, 0.6) is 5.88 Å². The average molecular weight is 341 g/mol. The third-order valence-corrected chi connectivity index (χ3v) is 3.75. The van der Waals surface area contributed by atoms with Gasteiger partial charge in [0, 0.05) is 6.20 Å². The molecule has 22 heavy (non-hydrogen) atoms. The molecular weight excluding hydrogens is 327 g/mol. The number of pyridine rings is 1. The Morgan fingerprint density at radius 2 is 2.00 bits per heavy atom. The fourth-order valence-corrected chi connectivity index (χ4v) is 2.30. The van der Waals surface area contributed by atoms with Gasteiger partial charge in [-0.3, -0.25) is 4.79 Å². The molecule has 1 heterocycles. The number of carbonyl (C=O) groups is 1. The van der Waals surface area contributed by atoms with E-state index in [4.69, 9.17) is 10.5 Å². The van der Waals surface area contributed by atoms with E-state index in [1.165, 1.54) is 36.9 Å². The molecule has 0 aromatic carbocycles. The van der Waals surface area contributed by atoms with Gasteiger partial charge in [-0.2, -0.15) is 17.9 Å². The maximum atomic E-state index is 12.3. The lowest BCUT2D eigenvalue weighted by atomic mass is 10.1. The standard InChI is InChI=1S/C11H14F3N3O4S/c1-10(2,17-22(19,20)11(12,13)14)6-21-9-7(8(15)18)4-3-5-16-9/h3-5,17H,6H2,1-2H3,(H2,15,18). The predicted octanol–water partition coefficient (Wildman–Crippen LogP) is 0.777. The van der Waals surface area contributed by atoms with Crippen LogP contribution in [0.25, 0.3) is 0 Å². The van der Waals surface area contributed by atoms with E-state index in [1.807, 2.05) is 0 Å². The smallest absolute Gasteiger partial charge is 0.475 e. The van der Waals surface area contributed by atoms with Crippen molar-refractivity contribution in [1.29, 1.82) is 0 Å². The summed E-state index contributed by atoms with van der Waals surface area (Å²) in [4.78, 5) is 14.9. The van der Waals surface area contributed by atoms with Crippen molar-refractivity contribution >= 4 is 15.9 Å². The third-order valence-electron chi connectivity index (χ3n) is 2.32. The van der Waals surface area contributed by atoms with Crippen LogP contribution >= 0.6 is 0 Å². The molecule has 3 N–H and O–H groups in total. The molecule has 1 rings (SSSR count). The lowest BCUT2D eigenvalue weighted by Crippen LogP contribution is -2.51. The Balaban J connectivity index is 2.86. The molecule has 1 aromatic rings. The molecular formula is C11H14F3N3O4S. The van der Waals surface area contributed by atoms with Crippen molar-refractivity contribution in [3.8, 4) is 5.88 Å². The molecule has 0 radical (unpaired) electrons. The molecule has 124 valence electrons. The summed E-state index contributed by atoms with van der Waals surface area (Å²) in [6.45, 7) is 1.87. The van der Waals surface area contributed by atoms with Crippen molar-refractivity contribution in [3.63, 3.8) is 0 Å². The first-order valence-electron chi connectivity index (χ1n) is 5.83. The van der Waals surface area contributed by atoms with Gasteiger partial charge in [-0.05, 0) is 26.0 Å². The molecule has 0 fully saturated rings. The first-order valence-corrected chi connectivity index (χ1v) is 7.32. The number of rotatable bonds is 6. The zero-order chi connectivity index (χ0) is 17.2. The second-order valence-corrected chi connectivity index (χ2v) is 6.62. The molecule has 0 aliphatic carbocycles. The molecule has 1 amide bonds. The summed E-state index contributed by atoms with van der Waals surface area (Å²) in [6.07, 6.45) is 1.29. The summed E-state index contributed by atoms with van der Waals surface area (Å²) in [5.74, 6) is -1.04. The minimum Gasteiger partial charge on any atom is -0.475 e. The molecule has 0 bridgehead atoms. The van der Waals surface area contributed by atoms with E-state index in [9.17, 15) is 26.4 Å². The van der Waals surface area contributed by atoms with E-state index in [1.54, 1.807) is 0 Å². The summed E-state index contributed by atoms with van der Waals surface area (Å²) in [5.41, 5.74) is -2.01. The Labute approximate surface area is 124 Å². The van der Waals surface area contributed by atoms with E-state index in [0.29, 0.717) is 0 Å². The number of amides is 1. The molecule has 0 aliphatic heterocycles. The largest absolute Gasteiger partial charge is 0.511 e. The van der Waals surface area contributed by atoms with Gasteiger partial charge in [0.05, 0.1) is 5.54 Å². The molecule has 7 nitrogen and oxygen atoms in total. The number of ether oxygens (including phenoxy) is 1. The van der Waals surface area contributed by atoms with Crippen LogP contribution in [0.4, 0.5) is 13.2 Å². The van der Waals surface area contributed by atoms with E-state index < -0.39 is 33.6 Å². The molecule has 0 unspecified atom stereocenters. The number of nitrogens with zero attached hydrogens (tertiary/aromatic N) is 1. The number of hydrogen-bond donors (Lipinski definition) is 2. The van der Waals surface area contributed by atoms with Crippen molar-refractivity contribution in [2.75, 3.05) is 6.61 Å². The highest BCUT2D eigenvalue weighted by Gasteiger charge is 2.48. The Bertz CT molecular complexity index is 659. The van der Waals surface area contributed by atoms with E-state index in [0.717, 1.165) is 0 Å². The van der Waals surface area contributed by atoms with Gasteiger partial charge in [0.15, 0.2) is 0 Å². The third kappa shape index (κ3) is 4.56. The van der Waals surface area contributed by atoms with Crippen molar-refractivity contribution in [3.05, 3.63) is 23.9 Å². The zero-order valence-electron chi connectivity index (χ0n) is 11.6. The molecule has 0 atom stereocenters. The minimum absolute atomic E-state index is 0.0722. The second kappa shape index (κ2) is 6.08. The van der Waals surface area contributed by atoms with Gasteiger partial charge < -0.3 is 10.5 Å². The molecule has 0 aliphatic rings. The van der Waals surface area contributed by atoms with Crippen LogP contribution in [0, 0.1) is 0 Å². The molecule has 0 saturated carbocycles. The van der Waals surface area contributed by atoms with Gasteiger partial charge in [-0.15, -0.1) is 0 Å². The van der Waals surface area contributed by atoms with Gasteiger partial charge in [0.2, 0.25) is 5.88 Å². The molecule has 0 spiro atoms. The highest BCUT2D eigenvalue weighted by molar-refractivity contribution is 7.90.